The molecular formula is C34H44N10O3. The van der Waals surface area contributed by atoms with Crippen molar-refractivity contribution in [3.8, 4) is 5.75 Å². The molecule has 13 nitrogen and oxygen atoms in total. The van der Waals surface area contributed by atoms with Crippen LogP contribution in [0.5, 0.6) is 5.75 Å². The molecule has 47 heavy (non-hydrogen) atoms. The van der Waals surface area contributed by atoms with E-state index in [1.165, 1.54) is 0 Å². The van der Waals surface area contributed by atoms with Crippen LogP contribution >= 0.6 is 0 Å². The molecule has 1 saturated heterocycles. The number of anilines is 1. The van der Waals surface area contributed by atoms with E-state index in [2.05, 4.69) is 49.3 Å². The number of hydrogen-bond donors (Lipinski definition) is 5. The van der Waals surface area contributed by atoms with Gasteiger partial charge in [-0.25, -0.2) is 4.79 Å². The number of likely N-dealkylation sites (tertiary alicyclic amines) is 1. The molecule has 6 rings (SSSR count). The number of nitrogens with zero attached hydrogens (tertiary/aromatic N) is 6. The SMILES string of the molecule is CN1CCC[C@H]1c1nnc2ccc(OC3CC[C@H](NC(=O)N/C(=C/C(=N)C(C)(C)C)Nc4cnn(CCO)c4)c4ccccc43)cn12. The van der Waals surface area contributed by atoms with Crippen LogP contribution in [-0.2, 0) is 6.54 Å². The molecule has 248 valence electrons. The lowest BCUT2D eigenvalue weighted by Gasteiger charge is -2.32. The van der Waals surface area contributed by atoms with Crippen molar-refractivity contribution < 1.29 is 14.6 Å². The van der Waals surface area contributed by atoms with Gasteiger partial charge in [0.2, 0.25) is 0 Å². The second-order valence-corrected chi connectivity index (χ2v) is 13.3. The molecule has 1 aromatic carbocycles. The van der Waals surface area contributed by atoms with Gasteiger partial charge in [-0.3, -0.25) is 19.3 Å². The highest BCUT2D eigenvalue weighted by molar-refractivity contribution is 5.97. The monoisotopic (exact) mass is 640 g/mol. The summed E-state index contributed by atoms with van der Waals surface area (Å²) in [5.41, 5.74) is 3.38. The highest BCUT2D eigenvalue weighted by Gasteiger charge is 2.31. The number of carbonyl (C=O) groups is 1. The first-order valence-corrected chi connectivity index (χ1v) is 16.2. The lowest BCUT2D eigenvalue weighted by Crippen LogP contribution is -2.41. The number of pyridine rings is 1. The van der Waals surface area contributed by atoms with Gasteiger partial charge in [-0.15, -0.1) is 10.2 Å². The van der Waals surface area contributed by atoms with Gasteiger partial charge in [0.1, 0.15) is 17.7 Å². The number of aliphatic hydroxyl groups excluding tert-OH is 1. The lowest BCUT2D eigenvalue weighted by molar-refractivity contribution is 0.171. The van der Waals surface area contributed by atoms with Crippen LogP contribution in [0.2, 0.25) is 0 Å². The van der Waals surface area contributed by atoms with Gasteiger partial charge < -0.3 is 25.9 Å². The van der Waals surface area contributed by atoms with Crippen LogP contribution in [0.25, 0.3) is 5.65 Å². The third kappa shape index (κ3) is 7.31. The Morgan fingerprint density at radius 3 is 2.66 bits per heavy atom. The minimum atomic E-state index is -0.420. The molecule has 0 spiro atoms. The van der Waals surface area contributed by atoms with Crippen LogP contribution in [0.3, 0.4) is 0 Å². The first-order valence-electron chi connectivity index (χ1n) is 16.2. The lowest BCUT2D eigenvalue weighted by atomic mass is 9.85. The Kier molecular flexibility index (Phi) is 9.28. The number of allylic oxidation sites excluding steroid dienone is 1. The molecule has 0 saturated carbocycles. The number of carbonyl (C=O) groups excluding carboxylic acids is 1. The van der Waals surface area contributed by atoms with Gasteiger partial charge in [0.05, 0.1) is 43.3 Å². The molecule has 4 aromatic rings. The maximum absolute atomic E-state index is 13.4. The molecule has 0 bridgehead atoms. The fourth-order valence-electron chi connectivity index (χ4n) is 6.20. The summed E-state index contributed by atoms with van der Waals surface area (Å²) in [6.45, 7) is 7.19. The Balaban J connectivity index is 1.16. The van der Waals surface area contributed by atoms with E-state index in [0.29, 0.717) is 36.6 Å². The molecule has 13 heteroatoms. The number of aromatic nitrogens is 5. The number of urea groups is 1. The topological polar surface area (TPSA) is 158 Å². The van der Waals surface area contributed by atoms with Gasteiger partial charge in [-0.05, 0) is 62.5 Å². The van der Waals surface area contributed by atoms with Crippen molar-refractivity contribution in [2.24, 2.45) is 5.41 Å². The summed E-state index contributed by atoms with van der Waals surface area (Å²) in [4.78, 5) is 15.7. The average Bonchev–Trinajstić information content (AvgIpc) is 3.77. The summed E-state index contributed by atoms with van der Waals surface area (Å²) in [7, 11) is 2.13. The summed E-state index contributed by atoms with van der Waals surface area (Å²) >= 11 is 0. The normalized spacial score (nSPS) is 20.2. The Morgan fingerprint density at radius 1 is 1.11 bits per heavy atom. The number of nitrogens with one attached hydrogen (secondary N) is 4. The van der Waals surface area contributed by atoms with E-state index in [4.69, 9.17) is 10.1 Å². The molecule has 1 fully saturated rings. The minimum Gasteiger partial charge on any atom is -0.484 e. The first-order chi connectivity index (χ1) is 22.6. The second-order valence-electron chi connectivity index (χ2n) is 13.3. The van der Waals surface area contributed by atoms with Crippen molar-refractivity contribution >= 4 is 23.1 Å². The zero-order valence-corrected chi connectivity index (χ0v) is 27.4. The summed E-state index contributed by atoms with van der Waals surface area (Å²) in [5, 5.41) is 40.1. The van der Waals surface area contributed by atoms with Crippen LogP contribution in [0.15, 0.2) is 66.9 Å². The molecule has 1 aliphatic heterocycles. The van der Waals surface area contributed by atoms with Gasteiger partial charge in [0.25, 0.3) is 0 Å². The van der Waals surface area contributed by atoms with Crippen LogP contribution in [0, 0.1) is 10.8 Å². The largest absolute Gasteiger partial charge is 0.484 e. The number of ether oxygens (including phenoxy) is 1. The summed E-state index contributed by atoms with van der Waals surface area (Å²) in [5.74, 6) is 2.03. The predicted octanol–water partition coefficient (Wildman–Crippen LogP) is 4.96. The molecule has 2 aliphatic rings. The highest BCUT2D eigenvalue weighted by atomic mass is 16.5. The number of fused-ring (bicyclic) bond motifs is 2. The molecule has 3 atom stereocenters. The summed E-state index contributed by atoms with van der Waals surface area (Å²) < 4.78 is 10.2. The number of hydrogen-bond acceptors (Lipinski definition) is 9. The van der Waals surface area contributed by atoms with Crippen LogP contribution < -0.4 is 20.7 Å². The third-order valence-corrected chi connectivity index (χ3v) is 8.83. The second kappa shape index (κ2) is 13.5. The number of benzene rings is 1. The standard InChI is InChI=1S/C34H44N10O3/c1-34(2,3)29(35)18-30(37-22-19-36-43(20-22)16-17-45)39-33(46)38-26-12-13-28(25-9-6-5-8-24(25)26)47-23-11-14-31-40-41-32(44(31)21-23)27-10-7-15-42(27)4/h5-6,8-9,11,14,18-21,26-28,35,37,45H,7,10,12-13,15-17H2,1-4H3,(H2,38,39,46)/b30-18+,35-29?/t26-,27-,28?/m0/s1. The van der Waals surface area contributed by atoms with Crippen molar-refractivity contribution in [2.45, 2.75) is 71.2 Å². The molecule has 5 N–H and O–H groups in total. The molecule has 3 aromatic heterocycles. The smallest absolute Gasteiger partial charge is 0.320 e. The number of aliphatic hydroxyl groups is 1. The zero-order valence-electron chi connectivity index (χ0n) is 27.4. The summed E-state index contributed by atoms with van der Waals surface area (Å²) in [6.07, 6.45) is 10.4. The van der Waals surface area contributed by atoms with Gasteiger partial charge in [-0.1, -0.05) is 45.0 Å². The third-order valence-electron chi connectivity index (χ3n) is 8.83. The van der Waals surface area contributed by atoms with Gasteiger partial charge in [0.15, 0.2) is 11.5 Å². The van der Waals surface area contributed by atoms with Gasteiger partial charge in [-0.2, -0.15) is 5.10 Å². The fraction of sp³-hybridized carbons (Fsp3) is 0.441. The number of amides is 2. The summed E-state index contributed by atoms with van der Waals surface area (Å²) in [6, 6.07) is 11.6. The van der Waals surface area contributed by atoms with E-state index in [9.17, 15) is 9.90 Å². The van der Waals surface area contributed by atoms with Crippen LogP contribution in [-0.4, -0.2) is 66.3 Å². The molecule has 2 amide bonds. The molecule has 4 heterocycles. The van der Waals surface area contributed by atoms with Gasteiger partial charge in [0, 0.05) is 23.4 Å². The Morgan fingerprint density at radius 2 is 1.91 bits per heavy atom. The molecule has 1 aliphatic carbocycles. The predicted molar refractivity (Wildman–Crippen MR) is 179 cm³/mol. The van der Waals surface area contributed by atoms with Gasteiger partial charge >= 0.3 is 6.03 Å². The fourth-order valence-corrected chi connectivity index (χ4v) is 6.20. The van der Waals surface area contributed by atoms with Crippen molar-refractivity contribution in [3.63, 3.8) is 0 Å². The Hall–Kier alpha value is -4.75. The van der Waals surface area contributed by atoms with Crippen molar-refractivity contribution in [1.82, 2.24) is 39.9 Å². The van der Waals surface area contributed by atoms with E-state index in [0.717, 1.165) is 47.7 Å². The Labute approximate surface area is 274 Å². The van der Waals surface area contributed by atoms with E-state index in [1.807, 2.05) is 61.7 Å². The first kappa shape index (κ1) is 32.2. The minimum absolute atomic E-state index is 0.0373. The Bertz CT molecular complexity index is 1770. The van der Waals surface area contributed by atoms with Crippen molar-refractivity contribution in [2.75, 3.05) is 25.5 Å². The van der Waals surface area contributed by atoms with Crippen LogP contribution in [0.4, 0.5) is 10.5 Å². The van der Waals surface area contributed by atoms with Crippen molar-refractivity contribution in [1.29, 1.82) is 5.41 Å². The van der Waals surface area contributed by atoms with Crippen LogP contribution in [0.1, 0.15) is 81.6 Å². The van der Waals surface area contributed by atoms with Crippen molar-refractivity contribution in [3.05, 3.63) is 83.8 Å². The highest BCUT2D eigenvalue weighted by Crippen LogP contribution is 2.39. The quantitative estimate of drug-likeness (QED) is 0.152. The molecule has 0 radical (unpaired) electrons. The maximum Gasteiger partial charge on any atom is 0.320 e. The maximum atomic E-state index is 13.4. The number of rotatable bonds is 10. The molecule has 1 unspecified atom stereocenters. The average molecular weight is 641 g/mol. The molecular weight excluding hydrogens is 596 g/mol. The van der Waals surface area contributed by atoms with E-state index >= 15 is 0 Å². The zero-order chi connectivity index (χ0) is 33.1. The van der Waals surface area contributed by atoms with E-state index in [-0.39, 0.29) is 24.8 Å². The van der Waals surface area contributed by atoms with E-state index in [1.54, 1.807) is 23.2 Å². The van der Waals surface area contributed by atoms with E-state index < -0.39 is 11.4 Å².